The van der Waals surface area contributed by atoms with Gasteiger partial charge in [0.1, 0.15) is 5.82 Å². The number of aromatic nitrogens is 2. The van der Waals surface area contributed by atoms with Crippen molar-refractivity contribution >= 4 is 5.82 Å². The Morgan fingerprint density at radius 2 is 1.84 bits per heavy atom. The number of nitrogens with zero attached hydrogens (tertiary/aromatic N) is 2. The molecule has 0 radical (unpaired) electrons. The maximum atomic E-state index is 12.4. The van der Waals surface area contributed by atoms with E-state index in [4.69, 9.17) is 0 Å². The van der Waals surface area contributed by atoms with Gasteiger partial charge in [-0.3, -0.25) is 9.36 Å². The minimum Gasteiger partial charge on any atom is -0.374 e. The number of rotatable bonds is 4. The highest BCUT2D eigenvalue weighted by atomic mass is 16.2. The molecule has 0 saturated heterocycles. The van der Waals surface area contributed by atoms with Crippen LogP contribution in [0.2, 0.25) is 0 Å². The van der Waals surface area contributed by atoms with Crippen LogP contribution in [0.4, 0.5) is 5.82 Å². The van der Waals surface area contributed by atoms with E-state index in [2.05, 4.69) is 5.32 Å². The molecule has 5 heteroatoms. The van der Waals surface area contributed by atoms with Gasteiger partial charge in [-0.15, -0.1) is 0 Å². The van der Waals surface area contributed by atoms with Crippen molar-refractivity contribution in [2.45, 2.75) is 19.9 Å². The van der Waals surface area contributed by atoms with E-state index < -0.39 is 0 Å². The standard InChI is InChI=1S/C14H17N3O2/c1-3-9-16-13(18)10-12(15-2)17(14(16)19)11-7-5-4-6-8-11/h4-8,10,15H,3,9H2,1-2H3. The molecule has 0 unspecified atom stereocenters. The molecule has 0 atom stereocenters. The van der Waals surface area contributed by atoms with Gasteiger partial charge in [0.2, 0.25) is 0 Å². The highest BCUT2D eigenvalue weighted by molar-refractivity contribution is 5.44. The first-order valence-electron chi connectivity index (χ1n) is 6.29. The first-order chi connectivity index (χ1) is 9.19. The van der Waals surface area contributed by atoms with Crippen LogP contribution in [0.25, 0.3) is 5.69 Å². The molecule has 5 nitrogen and oxygen atoms in total. The lowest BCUT2D eigenvalue weighted by atomic mass is 10.3. The Morgan fingerprint density at radius 1 is 1.16 bits per heavy atom. The van der Waals surface area contributed by atoms with Crippen molar-refractivity contribution < 1.29 is 0 Å². The van der Waals surface area contributed by atoms with Crippen LogP contribution in [0.5, 0.6) is 0 Å². The van der Waals surface area contributed by atoms with Crippen molar-refractivity contribution in [1.29, 1.82) is 0 Å². The fourth-order valence-electron chi connectivity index (χ4n) is 2.02. The minimum atomic E-state index is -0.315. The molecule has 1 aromatic heterocycles. The maximum Gasteiger partial charge on any atom is 0.337 e. The van der Waals surface area contributed by atoms with E-state index in [1.807, 2.05) is 37.3 Å². The summed E-state index contributed by atoms with van der Waals surface area (Å²) in [4.78, 5) is 24.3. The third kappa shape index (κ3) is 2.45. The summed E-state index contributed by atoms with van der Waals surface area (Å²) < 4.78 is 2.77. The third-order valence-electron chi connectivity index (χ3n) is 2.91. The van der Waals surface area contributed by atoms with Crippen molar-refractivity contribution in [2.24, 2.45) is 0 Å². The number of nitrogens with one attached hydrogen (secondary N) is 1. The van der Waals surface area contributed by atoms with Crippen molar-refractivity contribution in [3.05, 3.63) is 57.2 Å². The molecular formula is C14H17N3O2. The van der Waals surface area contributed by atoms with Crippen molar-refractivity contribution in [3.8, 4) is 5.69 Å². The van der Waals surface area contributed by atoms with E-state index >= 15 is 0 Å². The van der Waals surface area contributed by atoms with Crippen LogP contribution in [0, 0.1) is 0 Å². The van der Waals surface area contributed by atoms with Gasteiger partial charge in [0.05, 0.1) is 5.69 Å². The number of benzene rings is 1. The average Bonchev–Trinajstić information content (AvgIpc) is 2.43. The second-order valence-corrected chi connectivity index (χ2v) is 4.22. The van der Waals surface area contributed by atoms with Gasteiger partial charge in [0.25, 0.3) is 5.56 Å². The van der Waals surface area contributed by atoms with Crippen LogP contribution in [0.3, 0.4) is 0 Å². The molecule has 0 aliphatic carbocycles. The van der Waals surface area contributed by atoms with Crippen molar-refractivity contribution in [3.63, 3.8) is 0 Å². The SMILES string of the molecule is CCCn1c(=O)cc(NC)n(-c2ccccc2)c1=O. The van der Waals surface area contributed by atoms with E-state index in [-0.39, 0.29) is 11.2 Å². The molecule has 1 aromatic carbocycles. The van der Waals surface area contributed by atoms with Gasteiger partial charge in [0.15, 0.2) is 0 Å². The minimum absolute atomic E-state index is 0.275. The summed E-state index contributed by atoms with van der Waals surface area (Å²) in [6, 6.07) is 10.7. The lowest BCUT2D eigenvalue weighted by molar-refractivity contribution is 0.599. The van der Waals surface area contributed by atoms with Crippen LogP contribution < -0.4 is 16.6 Å². The zero-order valence-corrected chi connectivity index (χ0v) is 11.1. The van der Waals surface area contributed by atoms with Crippen LogP contribution in [-0.2, 0) is 6.54 Å². The number of anilines is 1. The Balaban J connectivity index is 2.75. The molecule has 1 N–H and O–H groups in total. The highest BCUT2D eigenvalue weighted by Crippen LogP contribution is 2.10. The smallest absolute Gasteiger partial charge is 0.337 e. The fraction of sp³-hybridized carbons (Fsp3) is 0.286. The van der Waals surface area contributed by atoms with Crippen molar-refractivity contribution in [2.75, 3.05) is 12.4 Å². The zero-order valence-electron chi connectivity index (χ0n) is 11.1. The molecule has 0 bridgehead atoms. The normalized spacial score (nSPS) is 10.4. The van der Waals surface area contributed by atoms with Gasteiger partial charge in [-0.1, -0.05) is 25.1 Å². The molecule has 0 fully saturated rings. The lowest BCUT2D eigenvalue weighted by Crippen LogP contribution is -2.39. The number of hydrogen-bond donors (Lipinski definition) is 1. The molecule has 100 valence electrons. The summed E-state index contributed by atoms with van der Waals surface area (Å²) in [5.74, 6) is 0.494. The van der Waals surface area contributed by atoms with E-state index in [0.717, 1.165) is 12.1 Å². The largest absolute Gasteiger partial charge is 0.374 e. The predicted molar refractivity (Wildman–Crippen MR) is 76.1 cm³/mol. The molecule has 19 heavy (non-hydrogen) atoms. The maximum absolute atomic E-state index is 12.4. The lowest BCUT2D eigenvalue weighted by Gasteiger charge is -2.14. The van der Waals surface area contributed by atoms with Gasteiger partial charge in [-0.25, -0.2) is 9.36 Å². The summed E-state index contributed by atoms with van der Waals surface area (Å²) in [6.07, 6.45) is 0.739. The van der Waals surface area contributed by atoms with E-state index in [1.54, 1.807) is 7.05 Å². The monoisotopic (exact) mass is 259 g/mol. The second kappa shape index (κ2) is 5.56. The van der Waals surface area contributed by atoms with E-state index in [9.17, 15) is 9.59 Å². The summed E-state index contributed by atoms with van der Waals surface area (Å²) in [7, 11) is 1.69. The Hall–Kier alpha value is -2.30. The quantitative estimate of drug-likeness (QED) is 0.904. The topological polar surface area (TPSA) is 56.0 Å². The number of hydrogen-bond acceptors (Lipinski definition) is 3. The predicted octanol–water partition coefficient (Wildman–Crippen LogP) is 1.45. The molecule has 2 rings (SSSR count). The molecule has 0 saturated carbocycles. The summed E-state index contributed by atoms with van der Waals surface area (Å²) in [6.45, 7) is 2.36. The van der Waals surface area contributed by atoms with Crippen LogP contribution >= 0.6 is 0 Å². The Labute approximate surface area is 111 Å². The van der Waals surface area contributed by atoms with Gasteiger partial charge < -0.3 is 5.32 Å². The Kier molecular flexibility index (Phi) is 3.85. The second-order valence-electron chi connectivity index (χ2n) is 4.22. The van der Waals surface area contributed by atoms with Gasteiger partial charge in [-0.05, 0) is 18.6 Å². The molecule has 0 spiro atoms. The van der Waals surface area contributed by atoms with Gasteiger partial charge in [-0.2, -0.15) is 0 Å². The van der Waals surface area contributed by atoms with Gasteiger partial charge in [0, 0.05) is 19.7 Å². The molecule has 0 aliphatic rings. The summed E-state index contributed by atoms with van der Waals surface area (Å²) >= 11 is 0. The third-order valence-corrected chi connectivity index (χ3v) is 2.91. The first kappa shape index (κ1) is 13.1. The Morgan fingerprint density at radius 3 is 2.42 bits per heavy atom. The first-order valence-corrected chi connectivity index (χ1v) is 6.29. The Bertz CT molecular complexity index is 671. The summed E-state index contributed by atoms with van der Waals surface area (Å²) in [5.41, 5.74) is 0.148. The summed E-state index contributed by atoms with van der Waals surface area (Å²) in [5, 5.41) is 2.89. The van der Waals surface area contributed by atoms with Crippen LogP contribution in [0.15, 0.2) is 46.0 Å². The molecular weight excluding hydrogens is 242 g/mol. The molecule has 1 heterocycles. The van der Waals surface area contributed by atoms with E-state index in [1.165, 1.54) is 15.2 Å². The average molecular weight is 259 g/mol. The molecule has 0 aliphatic heterocycles. The molecule has 2 aromatic rings. The zero-order chi connectivity index (χ0) is 13.8. The van der Waals surface area contributed by atoms with Crippen LogP contribution in [0.1, 0.15) is 13.3 Å². The van der Waals surface area contributed by atoms with E-state index in [0.29, 0.717) is 12.4 Å². The molecule has 0 amide bonds. The highest BCUT2D eigenvalue weighted by Gasteiger charge is 2.11. The van der Waals surface area contributed by atoms with Gasteiger partial charge >= 0.3 is 5.69 Å². The van der Waals surface area contributed by atoms with Crippen molar-refractivity contribution in [1.82, 2.24) is 9.13 Å². The van der Waals surface area contributed by atoms with Crippen LogP contribution in [-0.4, -0.2) is 16.2 Å². The number of para-hydroxylation sites is 1. The fourth-order valence-corrected chi connectivity index (χ4v) is 2.02.